The summed E-state index contributed by atoms with van der Waals surface area (Å²) in [6.45, 7) is 5.38. The van der Waals surface area contributed by atoms with Crippen LogP contribution in [0.5, 0.6) is 0 Å². The molecule has 1 fully saturated rings. The van der Waals surface area contributed by atoms with Gasteiger partial charge in [-0.15, -0.1) is 0 Å². The fourth-order valence-electron chi connectivity index (χ4n) is 1.77. The summed E-state index contributed by atoms with van der Waals surface area (Å²) < 4.78 is 0. The molecule has 1 amide bonds. The maximum Gasteiger partial charge on any atom is 0.222 e. The molecule has 1 heterocycles. The monoisotopic (exact) mass is 198 g/mol. The molecule has 1 saturated heterocycles. The van der Waals surface area contributed by atoms with Crippen LogP contribution in [0.1, 0.15) is 33.1 Å². The quantitative estimate of drug-likeness (QED) is 0.540. The molecule has 4 heteroatoms. The first-order valence-electron chi connectivity index (χ1n) is 5.17. The highest BCUT2D eigenvalue weighted by atomic mass is 16.4. The zero-order valence-electron chi connectivity index (χ0n) is 8.86. The van der Waals surface area contributed by atoms with E-state index < -0.39 is 0 Å². The van der Waals surface area contributed by atoms with E-state index in [4.69, 9.17) is 5.21 Å². The summed E-state index contributed by atoms with van der Waals surface area (Å²) in [7, 11) is 0. The summed E-state index contributed by atoms with van der Waals surface area (Å²) in [5, 5.41) is 11.9. The Labute approximate surface area is 84.6 Å². The second-order valence-corrected chi connectivity index (χ2v) is 3.83. The first-order valence-corrected chi connectivity index (χ1v) is 5.17. The lowest BCUT2D eigenvalue weighted by atomic mass is 9.97. The van der Waals surface area contributed by atoms with Gasteiger partial charge < -0.3 is 10.1 Å². The molecular weight excluding hydrogens is 180 g/mol. The largest absolute Gasteiger partial charge is 0.411 e. The van der Waals surface area contributed by atoms with Gasteiger partial charge in [-0.1, -0.05) is 19.0 Å². The molecule has 80 valence electrons. The maximum absolute atomic E-state index is 11.6. The van der Waals surface area contributed by atoms with Gasteiger partial charge in [-0.25, -0.2) is 0 Å². The van der Waals surface area contributed by atoms with Crippen molar-refractivity contribution in [1.82, 2.24) is 4.90 Å². The van der Waals surface area contributed by atoms with Crippen LogP contribution in [0.3, 0.4) is 0 Å². The fourth-order valence-corrected chi connectivity index (χ4v) is 1.77. The van der Waals surface area contributed by atoms with Crippen LogP contribution in [0, 0.1) is 5.92 Å². The third kappa shape index (κ3) is 2.47. The van der Waals surface area contributed by atoms with E-state index >= 15 is 0 Å². The molecule has 1 aliphatic heterocycles. The van der Waals surface area contributed by atoms with Gasteiger partial charge in [0.1, 0.15) is 0 Å². The Hall–Kier alpha value is -1.06. The van der Waals surface area contributed by atoms with Crippen LogP contribution in [0.4, 0.5) is 0 Å². The first kappa shape index (κ1) is 11.0. The minimum Gasteiger partial charge on any atom is -0.411 e. The number of oxime groups is 1. The summed E-state index contributed by atoms with van der Waals surface area (Å²) in [4.78, 5) is 13.4. The highest BCUT2D eigenvalue weighted by Crippen LogP contribution is 2.14. The molecule has 14 heavy (non-hydrogen) atoms. The molecule has 1 rings (SSSR count). The highest BCUT2D eigenvalue weighted by molar-refractivity contribution is 5.89. The van der Waals surface area contributed by atoms with Gasteiger partial charge in [-0.2, -0.15) is 0 Å². The number of nitrogens with zero attached hydrogens (tertiary/aromatic N) is 2. The number of amides is 1. The summed E-state index contributed by atoms with van der Waals surface area (Å²) in [6.07, 6.45) is 2.22. The van der Waals surface area contributed by atoms with E-state index in [0.29, 0.717) is 25.9 Å². The van der Waals surface area contributed by atoms with Gasteiger partial charge in [0, 0.05) is 31.8 Å². The minimum atomic E-state index is 0.189. The van der Waals surface area contributed by atoms with Crippen LogP contribution >= 0.6 is 0 Å². The molecule has 0 aromatic rings. The minimum absolute atomic E-state index is 0.189. The Morgan fingerprint density at radius 3 is 2.93 bits per heavy atom. The Balaban J connectivity index is 2.50. The predicted molar refractivity (Wildman–Crippen MR) is 54.5 cm³/mol. The zero-order chi connectivity index (χ0) is 10.6. The van der Waals surface area contributed by atoms with Crippen LogP contribution < -0.4 is 0 Å². The number of likely N-dealkylation sites (tertiary alicyclic amines) is 1. The lowest BCUT2D eigenvalue weighted by molar-refractivity contribution is -0.131. The Morgan fingerprint density at radius 2 is 2.43 bits per heavy atom. The number of hydrogen-bond acceptors (Lipinski definition) is 3. The number of carbonyl (C=O) groups excluding carboxylic acids is 1. The average molecular weight is 198 g/mol. The summed E-state index contributed by atoms with van der Waals surface area (Å²) in [5.41, 5.74) is 0.811. The van der Waals surface area contributed by atoms with E-state index in [1.165, 1.54) is 0 Å². The van der Waals surface area contributed by atoms with Crippen molar-refractivity contribution in [3.8, 4) is 0 Å². The van der Waals surface area contributed by atoms with Gasteiger partial charge in [0.25, 0.3) is 0 Å². The molecule has 0 aliphatic carbocycles. The van der Waals surface area contributed by atoms with Crippen molar-refractivity contribution in [3.63, 3.8) is 0 Å². The van der Waals surface area contributed by atoms with Crippen LogP contribution in [-0.4, -0.2) is 34.8 Å². The van der Waals surface area contributed by atoms with Crippen molar-refractivity contribution in [2.24, 2.45) is 11.1 Å². The lowest BCUT2D eigenvalue weighted by Gasteiger charge is -2.31. The summed E-state index contributed by atoms with van der Waals surface area (Å²) in [5.74, 6) is 0.408. The molecule has 4 nitrogen and oxygen atoms in total. The van der Waals surface area contributed by atoms with Crippen molar-refractivity contribution < 1.29 is 10.0 Å². The van der Waals surface area contributed by atoms with E-state index in [1.54, 1.807) is 0 Å². The van der Waals surface area contributed by atoms with Gasteiger partial charge >= 0.3 is 0 Å². The molecule has 0 spiro atoms. The fraction of sp³-hybridized carbons (Fsp3) is 0.800. The summed E-state index contributed by atoms with van der Waals surface area (Å²) in [6, 6.07) is 0. The van der Waals surface area contributed by atoms with Gasteiger partial charge in [0.05, 0.1) is 5.71 Å². The van der Waals surface area contributed by atoms with E-state index in [9.17, 15) is 4.79 Å². The Morgan fingerprint density at radius 1 is 1.71 bits per heavy atom. The molecular formula is C10H18N2O2. The van der Waals surface area contributed by atoms with Crippen LogP contribution in [0.25, 0.3) is 0 Å². The van der Waals surface area contributed by atoms with Crippen LogP contribution in [0.2, 0.25) is 0 Å². The molecule has 1 aliphatic rings. The first-order chi connectivity index (χ1) is 6.69. The SMILES string of the molecule is CCCC(=O)N1CC/C(=N\O)C(C)C1. The second-order valence-electron chi connectivity index (χ2n) is 3.83. The van der Waals surface area contributed by atoms with Crippen LogP contribution in [-0.2, 0) is 4.79 Å². The molecule has 0 aromatic carbocycles. The van der Waals surface area contributed by atoms with Crippen molar-refractivity contribution in [3.05, 3.63) is 0 Å². The maximum atomic E-state index is 11.6. The third-order valence-corrected chi connectivity index (χ3v) is 2.65. The highest BCUT2D eigenvalue weighted by Gasteiger charge is 2.24. The smallest absolute Gasteiger partial charge is 0.222 e. The van der Waals surface area contributed by atoms with Gasteiger partial charge in [-0.3, -0.25) is 4.79 Å². The number of piperidine rings is 1. The standard InChI is InChI=1S/C10H18N2O2/c1-3-4-10(13)12-6-5-9(11-14)8(2)7-12/h8,14H,3-7H2,1-2H3/b11-9+. The van der Waals surface area contributed by atoms with E-state index in [2.05, 4.69) is 5.16 Å². The lowest BCUT2D eigenvalue weighted by Crippen LogP contribution is -2.43. The molecule has 1 unspecified atom stereocenters. The van der Waals surface area contributed by atoms with Crippen LogP contribution in [0.15, 0.2) is 5.16 Å². The van der Waals surface area contributed by atoms with Gasteiger partial charge in [-0.05, 0) is 6.42 Å². The normalized spacial score (nSPS) is 25.4. The second kappa shape index (κ2) is 4.98. The Bertz CT molecular complexity index is 238. The molecule has 1 N–H and O–H groups in total. The topological polar surface area (TPSA) is 52.9 Å². The molecule has 1 atom stereocenters. The Kier molecular flexibility index (Phi) is 3.92. The zero-order valence-corrected chi connectivity index (χ0v) is 8.86. The third-order valence-electron chi connectivity index (χ3n) is 2.65. The number of hydrogen-bond donors (Lipinski definition) is 1. The average Bonchev–Trinajstić information content (AvgIpc) is 2.18. The molecule has 0 radical (unpaired) electrons. The van der Waals surface area contributed by atoms with Crippen molar-refractivity contribution in [2.75, 3.05) is 13.1 Å². The van der Waals surface area contributed by atoms with E-state index in [-0.39, 0.29) is 11.8 Å². The van der Waals surface area contributed by atoms with Crippen molar-refractivity contribution in [1.29, 1.82) is 0 Å². The predicted octanol–water partition coefficient (Wildman–Crippen LogP) is 1.49. The van der Waals surface area contributed by atoms with Crippen molar-refractivity contribution in [2.45, 2.75) is 33.1 Å². The molecule has 0 saturated carbocycles. The van der Waals surface area contributed by atoms with E-state index in [0.717, 1.165) is 12.1 Å². The number of carbonyl (C=O) groups is 1. The van der Waals surface area contributed by atoms with Gasteiger partial charge in [0.2, 0.25) is 5.91 Å². The summed E-state index contributed by atoms with van der Waals surface area (Å²) >= 11 is 0. The number of rotatable bonds is 2. The molecule has 0 bridgehead atoms. The van der Waals surface area contributed by atoms with E-state index in [1.807, 2.05) is 18.7 Å². The van der Waals surface area contributed by atoms with Crippen molar-refractivity contribution >= 4 is 11.6 Å². The molecule has 0 aromatic heterocycles. The van der Waals surface area contributed by atoms with Gasteiger partial charge in [0.15, 0.2) is 0 Å².